The van der Waals surface area contributed by atoms with E-state index in [4.69, 9.17) is 21.3 Å². The third kappa shape index (κ3) is 2.83. The van der Waals surface area contributed by atoms with Crippen LogP contribution in [0.2, 0.25) is 0 Å². The van der Waals surface area contributed by atoms with E-state index in [2.05, 4.69) is 4.98 Å². The second-order valence-corrected chi connectivity index (χ2v) is 3.20. The molecule has 0 N–H and O–H groups in total. The van der Waals surface area contributed by atoms with E-state index in [9.17, 15) is 0 Å². The molecule has 0 bridgehead atoms. The van der Waals surface area contributed by atoms with Gasteiger partial charge < -0.3 is 4.42 Å². The van der Waals surface area contributed by atoms with Crippen LogP contribution >= 0.6 is 23.4 Å². The molecule has 1 aromatic rings. The van der Waals surface area contributed by atoms with Gasteiger partial charge in [-0.1, -0.05) is 11.8 Å². The Hall–Kier alpha value is -0.660. The molecule has 11 heavy (non-hydrogen) atoms. The number of halogens is 1. The molecule has 0 saturated heterocycles. The van der Waals surface area contributed by atoms with E-state index in [1.54, 1.807) is 6.20 Å². The highest BCUT2D eigenvalue weighted by molar-refractivity contribution is 7.99. The normalized spacial score (nSPS) is 12.4. The van der Waals surface area contributed by atoms with E-state index in [-0.39, 0.29) is 0 Å². The van der Waals surface area contributed by atoms with Gasteiger partial charge in [0.05, 0.1) is 12.3 Å². The SMILES string of the molecule is N#CC(Cl)CSc1ncco1. The van der Waals surface area contributed by atoms with Crippen LogP contribution in [0.5, 0.6) is 0 Å². The van der Waals surface area contributed by atoms with Gasteiger partial charge in [0.15, 0.2) is 0 Å². The van der Waals surface area contributed by atoms with Gasteiger partial charge in [-0.25, -0.2) is 4.98 Å². The molecule has 0 saturated carbocycles. The van der Waals surface area contributed by atoms with Crippen molar-refractivity contribution in [1.29, 1.82) is 5.26 Å². The van der Waals surface area contributed by atoms with Crippen molar-refractivity contribution < 1.29 is 4.42 Å². The summed E-state index contributed by atoms with van der Waals surface area (Å²) < 4.78 is 4.91. The first-order valence-corrected chi connectivity index (χ1v) is 4.31. The van der Waals surface area contributed by atoms with Crippen molar-refractivity contribution in [2.75, 3.05) is 5.75 Å². The lowest BCUT2D eigenvalue weighted by molar-refractivity contribution is 0.454. The fourth-order valence-corrected chi connectivity index (χ4v) is 1.27. The maximum absolute atomic E-state index is 8.32. The van der Waals surface area contributed by atoms with Gasteiger partial charge in [-0.05, 0) is 0 Å². The summed E-state index contributed by atoms with van der Waals surface area (Å²) in [6.45, 7) is 0. The Morgan fingerprint density at radius 1 is 1.91 bits per heavy atom. The lowest BCUT2D eigenvalue weighted by Gasteiger charge is -1.94. The summed E-state index contributed by atoms with van der Waals surface area (Å²) in [5.41, 5.74) is 0. The van der Waals surface area contributed by atoms with E-state index in [0.29, 0.717) is 11.0 Å². The van der Waals surface area contributed by atoms with E-state index in [1.165, 1.54) is 18.0 Å². The lowest BCUT2D eigenvalue weighted by Crippen LogP contribution is -1.96. The maximum Gasteiger partial charge on any atom is 0.255 e. The monoisotopic (exact) mass is 188 g/mol. The van der Waals surface area contributed by atoms with Gasteiger partial charge in [0.2, 0.25) is 0 Å². The summed E-state index contributed by atoms with van der Waals surface area (Å²) in [7, 11) is 0. The minimum Gasteiger partial charge on any atom is -0.440 e. The molecule has 0 radical (unpaired) electrons. The fraction of sp³-hybridized carbons (Fsp3) is 0.333. The molecule has 5 heteroatoms. The molecule has 3 nitrogen and oxygen atoms in total. The van der Waals surface area contributed by atoms with Crippen molar-refractivity contribution in [3.63, 3.8) is 0 Å². The molecular formula is C6H5ClN2OS. The zero-order valence-corrected chi connectivity index (χ0v) is 7.10. The van der Waals surface area contributed by atoms with Crippen molar-refractivity contribution in [3.8, 4) is 6.07 Å². The molecule has 0 fully saturated rings. The Balaban J connectivity index is 2.30. The number of nitriles is 1. The molecular weight excluding hydrogens is 184 g/mol. The predicted octanol–water partition coefficient (Wildman–Crippen LogP) is 1.90. The third-order valence-electron chi connectivity index (χ3n) is 0.903. The van der Waals surface area contributed by atoms with Crippen LogP contribution in [0.25, 0.3) is 0 Å². The number of nitrogens with zero attached hydrogens (tertiary/aromatic N) is 2. The highest BCUT2D eigenvalue weighted by Crippen LogP contribution is 2.17. The Bertz CT molecular complexity index is 244. The standard InChI is InChI=1S/C6H5ClN2OS/c7-5(3-8)4-11-6-9-1-2-10-6/h1-2,5H,4H2. The molecule has 1 unspecified atom stereocenters. The van der Waals surface area contributed by atoms with Crippen LogP contribution in [0.1, 0.15) is 0 Å². The zero-order valence-electron chi connectivity index (χ0n) is 5.53. The quantitative estimate of drug-likeness (QED) is 0.537. The Morgan fingerprint density at radius 3 is 3.27 bits per heavy atom. The molecule has 1 heterocycles. The summed E-state index contributed by atoms with van der Waals surface area (Å²) in [6.07, 6.45) is 3.04. The Kier molecular flexibility index (Phi) is 3.27. The smallest absolute Gasteiger partial charge is 0.255 e. The molecule has 0 aliphatic rings. The van der Waals surface area contributed by atoms with Crippen molar-refractivity contribution in [2.24, 2.45) is 0 Å². The maximum atomic E-state index is 8.32. The van der Waals surface area contributed by atoms with Crippen LogP contribution in [0, 0.1) is 11.3 Å². The molecule has 1 rings (SSSR count). The highest BCUT2D eigenvalue weighted by Gasteiger charge is 2.04. The summed E-state index contributed by atoms with van der Waals surface area (Å²) in [6, 6.07) is 1.90. The number of thioether (sulfide) groups is 1. The second kappa shape index (κ2) is 4.27. The van der Waals surface area contributed by atoms with Crippen LogP contribution in [-0.2, 0) is 0 Å². The topological polar surface area (TPSA) is 49.8 Å². The number of aromatic nitrogens is 1. The highest BCUT2D eigenvalue weighted by atomic mass is 35.5. The number of oxazole rings is 1. The van der Waals surface area contributed by atoms with Gasteiger partial charge in [-0.15, -0.1) is 11.6 Å². The van der Waals surface area contributed by atoms with Crippen LogP contribution < -0.4 is 0 Å². The van der Waals surface area contributed by atoms with Gasteiger partial charge in [0.25, 0.3) is 5.22 Å². The molecule has 1 atom stereocenters. The van der Waals surface area contributed by atoms with Crippen molar-refractivity contribution in [3.05, 3.63) is 12.5 Å². The molecule has 1 aromatic heterocycles. The zero-order chi connectivity index (χ0) is 8.10. The predicted molar refractivity (Wildman–Crippen MR) is 42.5 cm³/mol. The first-order valence-electron chi connectivity index (χ1n) is 2.89. The molecule has 0 aromatic carbocycles. The van der Waals surface area contributed by atoms with E-state index < -0.39 is 5.38 Å². The number of alkyl halides is 1. The largest absolute Gasteiger partial charge is 0.440 e. The minimum absolute atomic E-state index is 0.480. The Morgan fingerprint density at radius 2 is 2.73 bits per heavy atom. The number of hydrogen-bond acceptors (Lipinski definition) is 4. The van der Waals surface area contributed by atoms with Crippen LogP contribution in [0.15, 0.2) is 22.1 Å². The van der Waals surface area contributed by atoms with Crippen LogP contribution in [-0.4, -0.2) is 16.1 Å². The first-order chi connectivity index (χ1) is 5.33. The summed E-state index contributed by atoms with van der Waals surface area (Å²) >= 11 is 6.86. The van der Waals surface area contributed by atoms with Crippen LogP contribution in [0.3, 0.4) is 0 Å². The molecule has 0 aliphatic carbocycles. The van der Waals surface area contributed by atoms with E-state index in [0.717, 1.165) is 0 Å². The third-order valence-corrected chi connectivity index (χ3v) is 2.29. The fourth-order valence-electron chi connectivity index (χ4n) is 0.463. The number of hydrogen-bond donors (Lipinski definition) is 0. The Labute approximate surface area is 73.4 Å². The molecule has 58 valence electrons. The molecule has 0 spiro atoms. The van der Waals surface area contributed by atoms with Gasteiger partial charge in [0.1, 0.15) is 11.6 Å². The van der Waals surface area contributed by atoms with Gasteiger partial charge >= 0.3 is 0 Å². The van der Waals surface area contributed by atoms with Crippen molar-refractivity contribution in [2.45, 2.75) is 10.6 Å². The summed E-state index contributed by atoms with van der Waals surface area (Å²) in [4.78, 5) is 3.85. The lowest BCUT2D eigenvalue weighted by atomic mass is 10.5. The second-order valence-electron chi connectivity index (χ2n) is 1.71. The average molecular weight is 189 g/mol. The van der Waals surface area contributed by atoms with Gasteiger partial charge in [-0.3, -0.25) is 0 Å². The minimum atomic E-state index is -0.480. The number of rotatable bonds is 3. The van der Waals surface area contributed by atoms with Gasteiger partial charge in [-0.2, -0.15) is 5.26 Å². The van der Waals surface area contributed by atoms with E-state index >= 15 is 0 Å². The average Bonchev–Trinajstić information content (AvgIpc) is 2.52. The van der Waals surface area contributed by atoms with Crippen molar-refractivity contribution >= 4 is 23.4 Å². The summed E-state index contributed by atoms with van der Waals surface area (Å²) in [5, 5.41) is 8.38. The molecule has 0 aliphatic heterocycles. The van der Waals surface area contributed by atoms with Crippen molar-refractivity contribution in [1.82, 2.24) is 4.98 Å². The van der Waals surface area contributed by atoms with Crippen LogP contribution in [0.4, 0.5) is 0 Å². The van der Waals surface area contributed by atoms with Gasteiger partial charge in [0, 0.05) is 5.75 Å². The summed E-state index contributed by atoms with van der Waals surface area (Å²) in [5.74, 6) is 0.499. The molecule has 0 amide bonds. The van der Waals surface area contributed by atoms with E-state index in [1.807, 2.05) is 6.07 Å². The first kappa shape index (κ1) is 8.44.